The van der Waals surface area contributed by atoms with E-state index >= 15 is 0 Å². The van der Waals surface area contributed by atoms with E-state index in [0.29, 0.717) is 0 Å². The molecule has 126 valence electrons. The predicted molar refractivity (Wildman–Crippen MR) is 104 cm³/mol. The van der Waals surface area contributed by atoms with E-state index in [9.17, 15) is 4.79 Å². The molecular weight excluding hydrogens is 366 g/mol. The standard InChI is InChI=1S/C19H22BrN3O/c20-15-8-10-16(11-9-15)22-19(24)14-21-17-6-2-3-7-18(17)23-12-4-1-5-13-23/h2-3,6-11,21H,1,4-5,12-14H2,(H,22,24). The quantitative estimate of drug-likeness (QED) is 0.793. The Morgan fingerprint density at radius 2 is 1.71 bits per heavy atom. The smallest absolute Gasteiger partial charge is 0.243 e. The molecule has 0 aliphatic carbocycles. The van der Waals surface area contributed by atoms with Crippen molar-refractivity contribution in [2.75, 3.05) is 35.2 Å². The van der Waals surface area contributed by atoms with Gasteiger partial charge < -0.3 is 15.5 Å². The molecule has 5 heteroatoms. The van der Waals surface area contributed by atoms with Crippen LogP contribution in [0, 0.1) is 0 Å². The molecule has 0 aromatic heterocycles. The summed E-state index contributed by atoms with van der Waals surface area (Å²) in [5.41, 5.74) is 3.01. The maximum Gasteiger partial charge on any atom is 0.243 e. The van der Waals surface area contributed by atoms with Crippen LogP contribution in [0.15, 0.2) is 53.0 Å². The molecule has 0 unspecified atom stereocenters. The molecule has 2 N–H and O–H groups in total. The zero-order chi connectivity index (χ0) is 16.8. The Kier molecular flexibility index (Phi) is 5.75. The first-order chi connectivity index (χ1) is 11.7. The number of nitrogens with one attached hydrogen (secondary N) is 2. The van der Waals surface area contributed by atoms with Gasteiger partial charge in [-0.15, -0.1) is 0 Å². The van der Waals surface area contributed by atoms with E-state index in [1.165, 1.54) is 24.9 Å². The van der Waals surface area contributed by atoms with Gasteiger partial charge in [-0.2, -0.15) is 0 Å². The molecule has 2 aromatic carbocycles. The number of anilines is 3. The van der Waals surface area contributed by atoms with Crippen molar-refractivity contribution < 1.29 is 4.79 Å². The third-order valence-electron chi connectivity index (χ3n) is 4.17. The van der Waals surface area contributed by atoms with Crippen LogP contribution in [0.2, 0.25) is 0 Å². The first-order valence-electron chi connectivity index (χ1n) is 8.35. The van der Waals surface area contributed by atoms with Crippen LogP contribution in [0.5, 0.6) is 0 Å². The van der Waals surface area contributed by atoms with Crippen LogP contribution < -0.4 is 15.5 Å². The molecule has 1 heterocycles. The first-order valence-corrected chi connectivity index (χ1v) is 9.15. The number of rotatable bonds is 5. The summed E-state index contributed by atoms with van der Waals surface area (Å²) in [6.07, 6.45) is 3.78. The largest absolute Gasteiger partial charge is 0.374 e. The van der Waals surface area contributed by atoms with Crippen LogP contribution in [0.4, 0.5) is 17.1 Å². The fourth-order valence-corrected chi connectivity index (χ4v) is 3.21. The third-order valence-corrected chi connectivity index (χ3v) is 4.70. The first kappa shape index (κ1) is 16.8. The van der Waals surface area contributed by atoms with E-state index in [-0.39, 0.29) is 12.5 Å². The van der Waals surface area contributed by atoms with Gasteiger partial charge in [-0.1, -0.05) is 28.1 Å². The molecule has 3 rings (SSSR count). The number of amides is 1. The minimum Gasteiger partial charge on any atom is -0.374 e. The maximum absolute atomic E-state index is 12.2. The van der Waals surface area contributed by atoms with E-state index in [2.05, 4.69) is 43.6 Å². The summed E-state index contributed by atoms with van der Waals surface area (Å²) in [7, 11) is 0. The fraction of sp³-hybridized carbons (Fsp3) is 0.316. The Morgan fingerprint density at radius 3 is 2.46 bits per heavy atom. The van der Waals surface area contributed by atoms with E-state index in [0.717, 1.165) is 28.9 Å². The Hall–Kier alpha value is -2.01. The van der Waals surface area contributed by atoms with Crippen molar-refractivity contribution in [2.24, 2.45) is 0 Å². The number of carbonyl (C=O) groups is 1. The Labute approximate surface area is 151 Å². The summed E-state index contributed by atoms with van der Waals surface area (Å²) < 4.78 is 0.995. The van der Waals surface area contributed by atoms with Gasteiger partial charge in [0.2, 0.25) is 5.91 Å². The summed E-state index contributed by atoms with van der Waals surface area (Å²) in [5.74, 6) is -0.0502. The van der Waals surface area contributed by atoms with Gasteiger partial charge in [0.25, 0.3) is 0 Å². The van der Waals surface area contributed by atoms with Crippen molar-refractivity contribution in [3.63, 3.8) is 0 Å². The number of nitrogens with zero attached hydrogens (tertiary/aromatic N) is 1. The summed E-state index contributed by atoms with van der Waals surface area (Å²) in [4.78, 5) is 14.6. The zero-order valence-electron chi connectivity index (χ0n) is 13.6. The minimum absolute atomic E-state index is 0.0502. The van der Waals surface area contributed by atoms with Crippen molar-refractivity contribution in [1.82, 2.24) is 0 Å². The molecule has 0 spiro atoms. The molecule has 0 radical (unpaired) electrons. The Balaban J connectivity index is 1.59. The van der Waals surface area contributed by atoms with E-state index in [1.54, 1.807) is 0 Å². The summed E-state index contributed by atoms with van der Waals surface area (Å²) in [6.45, 7) is 2.43. The van der Waals surface area contributed by atoms with Gasteiger partial charge in [-0.3, -0.25) is 4.79 Å². The van der Waals surface area contributed by atoms with Gasteiger partial charge in [0.15, 0.2) is 0 Å². The summed E-state index contributed by atoms with van der Waals surface area (Å²) in [5, 5.41) is 6.18. The highest BCUT2D eigenvalue weighted by molar-refractivity contribution is 9.10. The fourth-order valence-electron chi connectivity index (χ4n) is 2.95. The molecule has 1 aliphatic heterocycles. The molecule has 1 amide bonds. The molecule has 1 aliphatic rings. The monoisotopic (exact) mass is 387 g/mol. The molecule has 0 atom stereocenters. The number of hydrogen-bond donors (Lipinski definition) is 2. The SMILES string of the molecule is O=C(CNc1ccccc1N1CCCCC1)Nc1ccc(Br)cc1. The van der Waals surface area contributed by atoms with Crippen LogP contribution >= 0.6 is 15.9 Å². The highest BCUT2D eigenvalue weighted by Crippen LogP contribution is 2.28. The van der Waals surface area contributed by atoms with Crippen molar-refractivity contribution in [3.8, 4) is 0 Å². The topological polar surface area (TPSA) is 44.4 Å². The molecule has 2 aromatic rings. The zero-order valence-corrected chi connectivity index (χ0v) is 15.2. The summed E-state index contributed by atoms with van der Waals surface area (Å²) >= 11 is 3.39. The number of carbonyl (C=O) groups excluding carboxylic acids is 1. The number of para-hydroxylation sites is 2. The van der Waals surface area contributed by atoms with Crippen molar-refractivity contribution in [3.05, 3.63) is 53.0 Å². The van der Waals surface area contributed by atoms with Crippen molar-refractivity contribution in [1.29, 1.82) is 0 Å². The van der Waals surface area contributed by atoms with Gasteiger partial charge in [-0.25, -0.2) is 0 Å². The number of hydrogen-bond acceptors (Lipinski definition) is 3. The minimum atomic E-state index is -0.0502. The van der Waals surface area contributed by atoms with Crippen LogP contribution in [0.1, 0.15) is 19.3 Å². The highest BCUT2D eigenvalue weighted by atomic mass is 79.9. The lowest BCUT2D eigenvalue weighted by atomic mass is 10.1. The Morgan fingerprint density at radius 1 is 1.00 bits per heavy atom. The second-order valence-electron chi connectivity index (χ2n) is 5.97. The summed E-state index contributed by atoms with van der Waals surface area (Å²) in [6, 6.07) is 15.8. The number of benzene rings is 2. The molecule has 0 saturated carbocycles. The van der Waals surface area contributed by atoms with Gasteiger partial charge in [0.05, 0.1) is 17.9 Å². The maximum atomic E-state index is 12.2. The van der Waals surface area contributed by atoms with Crippen molar-refractivity contribution >= 4 is 38.9 Å². The lowest BCUT2D eigenvalue weighted by molar-refractivity contribution is -0.114. The van der Waals surface area contributed by atoms with Crippen LogP contribution in [0.3, 0.4) is 0 Å². The third kappa shape index (κ3) is 4.51. The molecule has 1 fully saturated rings. The van der Waals surface area contributed by atoms with Gasteiger partial charge in [0.1, 0.15) is 0 Å². The van der Waals surface area contributed by atoms with E-state index in [4.69, 9.17) is 0 Å². The molecule has 24 heavy (non-hydrogen) atoms. The van der Waals surface area contributed by atoms with Crippen LogP contribution in [-0.4, -0.2) is 25.5 Å². The molecule has 0 bridgehead atoms. The number of halogens is 1. The predicted octanol–water partition coefficient (Wildman–Crippen LogP) is 4.49. The van der Waals surface area contributed by atoms with Crippen LogP contribution in [0.25, 0.3) is 0 Å². The normalized spacial score (nSPS) is 14.3. The second-order valence-corrected chi connectivity index (χ2v) is 6.89. The number of piperidine rings is 1. The average molecular weight is 388 g/mol. The second kappa shape index (κ2) is 8.20. The molecular formula is C19H22BrN3O. The molecule has 1 saturated heterocycles. The Bertz CT molecular complexity index is 681. The van der Waals surface area contributed by atoms with E-state index in [1.807, 2.05) is 36.4 Å². The van der Waals surface area contributed by atoms with Gasteiger partial charge >= 0.3 is 0 Å². The molecule has 4 nitrogen and oxygen atoms in total. The lowest BCUT2D eigenvalue weighted by Gasteiger charge is -2.30. The average Bonchev–Trinajstić information content (AvgIpc) is 2.63. The van der Waals surface area contributed by atoms with Gasteiger partial charge in [0, 0.05) is 23.2 Å². The van der Waals surface area contributed by atoms with Crippen LogP contribution in [-0.2, 0) is 4.79 Å². The lowest BCUT2D eigenvalue weighted by Crippen LogP contribution is -2.30. The van der Waals surface area contributed by atoms with E-state index < -0.39 is 0 Å². The van der Waals surface area contributed by atoms with Crippen molar-refractivity contribution in [2.45, 2.75) is 19.3 Å². The van der Waals surface area contributed by atoms with Gasteiger partial charge in [-0.05, 0) is 55.7 Å². The highest BCUT2D eigenvalue weighted by Gasteiger charge is 2.14.